The number of carbonyl (C=O) groups is 1. The van der Waals surface area contributed by atoms with Gasteiger partial charge in [-0.15, -0.1) is 0 Å². The number of carbonyl (C=O) groups excluding carboxylic acids is 1. The fourth-order valence-electron chi connectivity index (χ4n) is 4.78. The first kappa shape index (κ1) is 24.9. The van der Waals surface area contributed by atoms with Gasteiger partial charge in [-0.2, -0.15) is 0 Å². The standard InChI is InChI=1S/C29H31ClN2O4/c1-19-4-10-23(31-15-19)16-32-26(34)24-14-21(27(2,3)35)7-11-25(24)29(32,20-5-8-22(30)9-6-20)36-18-28(17-33)12-13-28/h4-11,14-15,33,35H,12-13,16-18H2,1-3H3/t29-/m1/s1. The molecule has 188 valence electrons. The zero-order valence-corrected chi connectivity index (χ0v) is 21.5. The summed E-state index contributed by atoms with van der Waals surface area (Å²) in [5.74, 6) is -0.206. The molecule has 0 radical (unpaired) electrons. The van der Waals surface area contributed by atoms with Crippen molar-refractivity contribution in [1.29, 1.82) is 0 Å². The second-order valence-corrected chi connectivity index (χ2v) is 11.1. The number of amides is 1. The van der Waals surface area contributed by atoms with Crippen molar-refractivity contribution in [3.8, 4) is 0 Å². The molecule has 1 aliphatic carbocycles. The van der Waals surface area contributed by atoms with Gasteiger partial charge in [0.25, 0.3) is 5.91 Å². The van der Waals surface area contributed by atoms with Crippen LogP contribution in [0.4, 0.5) is 0 Å². The highest BCUT2D eigenvalue weighted by molar-refractivity contribution is 6.30. The van der Waals surface area contributed by atoms with Crippen molar-refractivity contribution in [1.82, 2.24) is 9.88 Å². The molecule has 36 heavy (non-hydrogen) atoms. The van der Waals surface area contributed by atoms with Crippen molar-refractivity contribution in [3.63, 3.8) is 0 Å². The normalized spacial score (nSPS) is 20.5. The molecule has 2 aliphatic rings. The third kappa shape index (κ3) is 4.33. The summed E-state index contributed by atoms with van der Waals surface area (Å²) < 4.78 is 6.78. The molecule has 1 fully saturated rings. The van der Waals surface area contributed by atoms with Crippen LogP contribution in [-0.4, -0.2) is 39.2 Å². The summed E-state index contributed by atoms with van der Waals surface area (Å²) in [4.78, 5) is 20.3. The minimum absolute atomic E-state index is 0.0294. The van der Waals surface area contributed by atoms with Crippen molar-refractivity contribution in [3.05, 3.63) is 99.3 Å². The molecule has 1 aromatic heterocycles. The van der Waals surface area contributed by atoms with Crippen molar-refractivity contribution in [2.24, 2.45) is 5.41 Å². The molecule has 7 heteroatoms. The maximum atomic E-state index is 14.1. The number of hydrogen-bond acceptors (Lipinski definition) is 5. The summed E-state index contributed by atoms with van der Waals surface area (Å²) in [5, 5.41) is 21.2. The van der Waals surface area contributed by atoms with Crippen LogP contribution in [-0.2, 0) is 22.6 Å². The number of fused-ring (bicyclic) bond motifs is 1. The molecule has 0 bridgehead atoms. The minimum atomic E-state index is -1.24. The molecule has 1 amide bonds. The lowest BCUT2D eigenvalue weighted by atomic mass is 9.89. The molecule has 1 saturated carbocycles. The molecule has 0 saturated heterocycles. The van der Waals surface area contributed by atoms with Crippen LogP contribution in [0.1, 0.15) is 65.0 Å². The van der Waals surface area contributed by atoms with E-state index < -0.39 is 11.3 Å². The Morgan fingerprint density at radius 3 is 2.42 bits per heavy atom. The first-order valence-corrected chi connectivity index (χ1v) is 12.6. The first-order valence-electron chi connectivity index (χ1n) is 12.2. The van der Waals surface area contributed by atoms with E-state index in [0.717, 1.165) is 29.7 Å². The van der Waals surface area contributed by atoms with Crippen molar-refractivity contribution in [2.75, 3.05) is 13.2 Å². The summed E-state index contributed by atoms with van der Waals surface area (Å²) in [5.41, 5.74) is 1.69. The lowest BCUT2D eigenvalue weighted by Crippen LogP contribution is -2.47. The van der Waals surface area contributed by atoms with Gasteiger partial charge in [0, 0.05) is 33.3 Å². The van der Waals surface area contributed by atoms with Gasteiger partial charge in [0.1, 0.15) is 0 Å². The quantitative estimate of drug-likeness (QED) is 0.453. The third-order valence-electron chi connectivity index (χ3n) is 7.35. The molecule has 3 aromatic rings. The second-order valence-electron chi connectivity index (χ2n) is 10.6. The van der Waals surface area contributed by atoms with Crippen LogP contribution >= 0.6 is 11.6 Å². The average Bonchev–Trinajstić information content (AvgIpc) is 3.60. The molecule has 1 aliphatic heterocycles. The van der Waals surface area contributed by atoms with Gasteiger partial charge in [-0.1, -0.05) is 41.9 Å². The number of aliphatic hydroxyl groups excluding tert-OH is 1. The van der Waals surface area contributed by atoms with E-state index in [1.165, 1.54) is 0 Å². The Morgan fingerprint density at radius 2 is 1.83 bits per heavy atom. The Kier molecular flexibility index (Phi) is 6.20. The maximum absolute atomic E-state index is 14.1. The Bertz CT molecular complexity index is 1280. The van der Waals surface area contributed by atoms with Gasteiger partial charge in [-0.05, 0) is 69.0 Å². The van der Waals surface area contributed by atoms with Gasteiger partial charge in [0.2, 0.25) is 0 Å². The summed E-state index contributed by atoms with van der Waals surface area (Å²) in [6, 6.07) is 16.7. The molecular formula is C29H31ClN2O4. The Morgan fingerprint density at radius 1 is 1.11 bits per heavy atom. The highest BCUT2D eigenvalue weighted by Gasteiger charge is 2.55. The zero-order valence-electron chi connectivity index (χ0n) is 20.8. The fourth-order valence-corrected chi connectivity index (χ4v) is 4.90. The summed E-state index contributed by atoms with van der Waals surface area (Å²) >= 11 is 6.23. The number of benzene rings is 2. The zero-order chi connectivity index (χ0) is 25.7. The molecule has 1 atom stereocenters. The average molecular weight is 507 g/mol. The number of pyridine rings is 1. The monoisotopic (exact) mass is 506 g/mol. The van der Waals surface area contributed by atoms with Crippen LogP contribution in [0.15, 0.2) is 60.8 Å². The topological polar surface area (TPSA) is 82.9 Å². The number of hydrogen-bond donors (Lipinski definition) is 2. The Labute approximate surface area is 216 Å². The summed E-state index contributed by atoms with van der Waals surface area (Å²) in [6.07, 6.45) is 3.53. The minimum Gasteiger partial charge on any atom is -0.396 e. The first-order chi connectivity index (χ1) is 17.1. The molecule has 0 unspecified atom stereocenters. The predicted octanol–water partition coefficient (Wildman–Crippen LogP) is 4.92. The van der Waals surface area contributed by atoms with E-state index in [0.29, 0.717) is 28.3 Å². The Balaban J connectivity index is 1.70. The van der Waals surface area contributed by atoms with Crippen molar-refractivity contribution in [2.45, 2.75) is 51.5 Å². The molecule has 0 spiro atoms. The molecule has 2 N–H and O–H groups in total. The van der Waals surface area contributed by atoms with Crippen LogP contribution in [0.3, 0.4) is 0 Å². The maximum Gasteiger partial charge on any atom is 0.257 e. The van der Waals surface area contributed by atoms with E-state index in [-0.39, 0.29) is 24.5 Å². The number of rotatable bonds is 8. The van der Waals surface area contributed by atoms with Crippen LogP contribution in [0.5, 0.6) is 0 Å². The van der Waals surface area contributed by atoms with E-state index in [1.54, 1.807) is 43.1 Å². The lowest BCUT2D eigenvalue weighted by Gasteiger charge is -2.40. The molecule has 6 nitrogen and oxygen atoms in total. The van der Waals surface area contributed by atoms with E-state index >= 15 is 0 Å². The van der Waals surface area contributed by atoms with Gasteiger partial charge < -0.3 is 14.9 Å². The smallest absolute Gasteiger partial charge is 0.257 e. The van der Waals surface area contributed by atoms with Crippen molar-refractivity contribution < 1.29 is 19.7 Å². The van der Waals surface area contributed by atoms with Crippen LogP contribution in [0.25, 0.3) is 0 Å². The number of aryl methyl sites for hydroxylation is 1. The van der Waals surface area contributed by atoms with Crippen molar-refractivity contribution >= 4 is 17.5 Å². The predicted molar refractivity (Wildman–Crippen MR) is 137 cm³/mol. The lowest BCUT2D eigenvalue weighted by molar-refractivity contribution is -0.129. The third-order valence-corrected chi connectivity index (χ3v) is 7.61. The van der Waals surface area contributed by atoms with Crippen LogP contribution < -0.4 is 0 Å². The number of aromatic nitrogens is 1. The second kappa shape index (κ2) is 8.96. The van der Waals surface area contributed by atoms with Gasteiger partial charge in [-0.3, -0.25) is 14.7 Å². The van der Waals surface area contributed by atoms with Gasteiger partial charge in [0.05, 0.1) is 31.1 Å². The molecule has 5 rings (SSSR count). The van der Waals surface area contributed by atoms with E-state index in [1.807, 2.05) is 43.3 Å². The van der Waals surface area contributed by atoms with E-state index in [9.17, 15) is 15.0 Å². The van der Waals surface area contributed by atoms with Gasteiger partial charge >= 0.3 is 0 Å². The van der Waals surface area contributed by atoms with E-state index in [2.05, 4.69) is 4.98 Å². The SMILES string of the molecule is Cc1ccc(CN2C(=O)c3cc(C(C)(C)O)ccc3[C@]2(OCC2(CO)CC2)c2ccc(Cl)cc2)nc1. The summed E-state index contributed by atoms with van der Waals surface area (Å²) in [6.45, 7) is 5.91. The van der Waals surface area contributed by atoms with Crippen LogP contribution in [0.2, 0.25) is 5.02 Å². The van der Waals surface area contributed by atoms with Gasteiger partial charge in [-0.25, -0.2) is 0 Å². The highest BCUT2D eigenvalue weighted by Crippen LogP contribution is 2.51. The van der Waals surface area contributed by atoms with E-state index in [4.69, 9.17) is 16.3 Å². The molecule has 2 aromatic carbocycles. The Hall–Kier alpha value is -2.77. The van der Waals surface area contributed by atoms with Gasteiger partial charge in [0.15, 0.2) is 5.72 Å². The van der Waals surface area contributed by atoms with Crippen LogP contribution in [0, 0.1) is 12.3 Å². The molecular weight excluding hydrogens is 476 g/mol. The highest BCUT2D eigenvalue weighted by atomic mass is 35.5. The number of ether oxygens (including phenoxy) is 1. The molecule has 2 heterocycles. The number of halogens is 1. The number of nitrogens with zero attached hydrogens (tertiary/aromatic N) is 2. The largest absolute Gasteiger partial charge is 0.396 e. The number of aliphatic hydroxyl groups is 2. The fraction of sp³-hybridized carbons (Fsp3) is 0.379. The summed E-state index contributed by atoms with van der Waals surface area (Å²) in [7, 11) is 0.